The summed E-state index contributed by atoms with van der Waals surface area (Å²) in [4.78, 5) is 13.8. The number of hydrogen-bond acceptors (Lipinski definition) is 3. The Bertz CT molecular complexity index is 787. The molecule has 1 aliphatic rings. The molecule has 2 aromatic rings. The molecular formula is C18H19F3N3O2+. The van der Waals surface area contributed by atoms with Gasteiger partial charge in [0.05, 0.1) is 42.2 Å². The van der Waals surface area contributed by atoms with Gasteiger partial charge in [0, 0.05) is 11.8 Å². The molecule has 0 atom stereocenters. The molecule has 1 heterocycles. The Labute approximate surface area is 148 Å². The van der Waals surface area contributed by atoms with Crippen LogP contribution >= 0.6 is 0 Å². The fraction of sp³-hybridized carbons (Fsp3) is 0.333. The van der Waals surface area contributed by atoms with Crippen molar-refractivity contribution < 1.29 is 23.0 Å². The Morgan fingerprint density at radius 3 is 2.42 bits per heavy atom. The molecule has 0 spiro atoms. The van der Waals surface area contributed by atoms with Gasteiger partial charge in [0.25, 0.3) is 5.69 Å². The normalized spacial score (nSPS) is 15.9. The van der Waals surface area contributed by atoms with E-state index in [9.17, 15) is 23.3 Å². The van der Waals surface area contributed by atoms with E-state index in [1.54, 1.807) is 24.3 Å². The number of nitro benzene ring substituents is 1. The first-order chi connectivity index (χ1) is 12.3. The topological polar surface area (TPSA) is 50.8 Å². The molecule has 1 aliphatic heterocycles. The SMILES string of the molecule is O=[N+]([O-])c1ccccc1C[NH+]1CCN(c2cccc(C(F)(F)F)c2)CC1. The lowest BCUT2D eigenvalue weighted by Crippen LogP contribution is -3.13. The van der Waals surface area contributed by atoms with Gasteiger partial charge in [-0.05, 0) is 24.3 Å². The van der Waals surface area contributed by atoms with E-state index in [2.05, 4.69) is 0 Å². The zero-order valence-corrected chi connectivity index (χ0v) is 14.0. The van der Waals surface area contributed by atoms with Gasteiger partial charge in [-0.15, -0.1) is 0 Å². The average molecular weight is 366 g/mol. The van der Waals surface area contributed by atoms with Crippen LogP contribution in [0, 0.1) is 10.1 Å². The first-order valence-electron chi connectivity index (χ1n) is 8.32. The van der Waals surface area contributed by atoms with Crippen LogP contribution in [0.15, 0.2) is 48.5 Å². The maximum atomic E-state index is 12.9. The van der Waals surface area contributed by atoms with Crippen molar-refractivity contribution in [3.8, 4) is 0 Å². The lowest BCUT2D eigenvalue weighted by molar-refractivity contribution is -0.914. The molecule has 1 N–H and O–H groups in total. The van der Waals surface area contributed by atoms with Crippen LogP contribution < -0.4 is 9.80 Å². The number of nitrogens with one attached hydrogen (secondary N) is 1. The molecule has 0 amide bonds. The van der Waals surface area contributed by atoms with Crippen LogP contribution in [0.5, 0.6) is 0 Å². The van der Waals surface area contributed by atoms with Gasteiger partial charge in [0.1, 0.15) is 6.54 Å². The van der Waals surface area contributed by atoms with Crippen molar-refractivity contribution in [3.05, 3.63) is 69.8 Å². The van der Waals surface area contributed by atoms with Crippen LogP contribution in [0.25, 0.3) is 0 Å². The fourth-order valence-electron chi connectivity index (χ4n) is 3.24. The number of rotatable bonds is 4. The molecule has 0 unspecified atom stereocenters. The van der Waals surface area contributed by atoms with E-state index in [0.717, 1.165) is 6.07 Å². The molecule has 8 heteroatoms. The van der Waals surface area contributed by atoms with Crippen molar-refractivity contribution in [1.82, 2.24) is 0 Å². The smallest absolute Gasteiger partial charge is 0.360 e. The van der Waals surface area contributed by atoms with Crippen LogP contribution in [0.1, 0.15) is 11.1 Å². The predicted octanol–water partition coefficient (Wildman–Crippen LogP) is 2.52. The van der Waals surface area contributed by atoms with Crippen LogP contribution in [0.4, 0.5) is 24.5 Å². The first kappa shape index (κ1) is 18.2. The van der Waals surface area contributed by atoms with Gasteiger partial charge in [-0.2, -0.15) is 13.2 Å². The molecule has 138 valence electrons. The van der Waals surface area contributed by atoms with Gasteiger partial charge in [-0.1, -0.05) is 18.2 Å². The highest BCUT2D eigenvalue weighted by molar-refractivity contribution is 5.49. The molecule has 0 aromatic heterocycles. The van der Waals surface area contributed by atoms with Crippen molar-refractivity contribution in [2.24, 2.45) is 0 Å². The Kier molecular flexibility index (Phi) is 5.13. The van der Waals surface area contributed by atoms with E-state index >= 15 is 0 Å². The summed E-state index contributed by atoms with van der Waals surface area (Å²) in [5.41, 5.74) is 0.703. The molecule has 1 saturated heterocycles. The maximum Gasteiger partial charge on any atom is 0.416 e. The monoisotopic (exact) mass is 366 g/mol. The lowest BCUT2D eigenvalue weighted by Gasteiger charge is -2.33. The van der Waals surface area contributed by atoms with Crippen molar-refractivity contribution in [2.45, 2.75) is 12.7 Å². The van der Waals surface area contributed by atoms with Crippen LogP contribution in [0.3, 0.4) is 0 Å². The zero-order valence-electron chi connectivity index (χ0n) is 14.0. The minimum absolute atomic E-state index is 0.111. The first-order valence-corrected chi connectivity index (χ1v) is 8.32. The van der Waals surface area contributed by atoms with E-state index in [0.29, 0.717) is 44.0 Å². The number of quaternary nitrogens is 1. The number of alkyl halides is 3. The zero-order chi connectivity index (χ0) is 18.7. The predicted molar refractivity (Wildman–Crippen MR) is 91.2 cm³/mol. The highest BCUT2D eigenvalue weighted by Gasteiger charge is 2.31. The molecule has 0 saturated carbocycles. The van der Waals surface area contributed by atoms with E-state index in [1.807, 2.05) is 4.90 Å². The van der Waals surface area contributed by atoms with Crippen LogP contribution in [0.2, 0.25) is 0 Å². The van der Waals surface area contributed by atoms with Gasteiger partial charge in [0.2, 0.25) is 0 Å². The van der Waals surface area contributed by atoms with Crippen molar-refractivity contribution in [2.75, 3.05) is 31.1 Å². The second-order valence-electron chi connectivity index (χ2n) is 6.35. The third kappa shape index (κ3) is 4.13. The third-order valence-corrected chi connectivity index (χ3v) is 4.64. The van der Waals surface area contributed by atoms with Crippen molar-refractivity contribution in [1.29, 1.82) is 0 Å². The third-order valence-electron chi connectivity index (χ3n) is 4.64. The molecule has 3 rings (SSSR count). The summed E-state index contributed by atoms with van der Waals surface area (Å²) in [5, 5.41) is 11.1. The Balaban J connectivity index is 1.64. The summed E-state index contributed by atoms with van der Waals surface area (Å²) in [6.07, 6.45) is -4.35. The van der Waals surface area contributed by atoms with E-state index < -0.39 is 11.7 Å². The van der Waals surface area contributed by atoms with Gasteiger partial charge in [0.15, 0.2) is 0 Å². The summed E-state index contributed by atoms with van der Waals surface area (Å²) < 4.78 is 38.6. The highest BCUT2D eigenvalue weighted by Crippen LogP contribution is 2.31. The fourth-order valence-corrected chi connectivity index (χ4v) is 3.24. The van der Waals surface area contributed by atoms with E-state index in [-0.39, 0.29) is 10.6 Å². The van der Waals surface area contributed by atoms with Gasteiger partial charge >= 0.3 is 6.18 Å². The number of anilines is 1. The molecule has 2 aromatic carbocycles. The second-order valence-corrected chi connectivity index (χ2v) is 6.35. The minimum Gasteiger partial charge on any atom is -0.360 e. The summed E-state index contributed by atoms with van der Waals surface area (Å²) in [6, 6.07) is 12.0. The standard InChI is InChI=1S/C18H18F3N3O2/c19-18(20,21)15-5-3-6-16(12-15)23-10-8-22(9-11-23)13-14-4-1-2-7-17(14)24(25)26/h1-7,12H,8-11,13H2/p+1. The molecule has 1 fully saturated rings. The number of para-hydroxylation sites is 1. The summed E-state index contributed by atoms with van der Waals surface area (Å²) >= 11 is 0. The summed E-state index contributed by atoms with van der Waals surface area (Å²) in [5.74, 6) is 0. The molecule has 0 bridgehead atoms. The largest absolute Gasteiger partial charge is 0.416 e. The van der Waals surface area contributed by atoms with Gasteiger partial charge in [-0.25, -0.2) is 0 Å². The van der Waals surface area contributed by atoms with Crippen molar-refractivity contribution >= 4 is 11.4 Å². The Hall–Kier alpha value is -2.61. The maximum absolute atomic E-state index is 12.9. The van der Waals surface area contributed by atoms with Crippen LogP contribution in [-0.4, -0.2) is 31.1 Å². The Morgan fingerprint density at radius 1 is 1.08 bits per heavy atom. The van der Waals surface area contributed by atoms with Crippen LogP contribution in [-0.2, 0) is 12.7 Å². The van der Waals surface area contributed by atoms with E-state index in [1.165, 1.54) is 23.1 Å². The quantitative estimate of drug-likeness (QED) is 0.668. The number of benzene rings is 2. The molecular weight excluding hydrogens is 347 g/mol. The van der Waals surface area contributed by atoms with Gasteiger partial charge < -0.3 is 9.80 Å². The number of hydrogen-bond donors (Lipinski definition) is 1. The number of halogens is 3. The number of nitro groups is 1. The number of nitrogens with zero attached hydrogens (tertiary/aromatic N) is 2. The molecule has 5 nitrogen and oxygen atoms in total. The van der Waals surface area contributed by atoms with E-state index in [4.69, 9.17) is 0 Å². The van der Waals surface area contributed by atoms with Gasteiger partial charge in [-0.3, -0.25) is 10.1 Å². The van der Waals surface area contributed by atoms with Crippen molar-refractivity contribution in [3.63, 3.8) is 0 Å². The molecule has 0 aliphatic carbocycles. The summed E-state index contributed by atoms with van der Waals surface area (Å²) in [7, 11) is 0. The number of piperazine rings is 1. The summed E-state index contributed by atoms with van der Waals surface area (Å²) in [6.45, 7) is 3.17. The second kappa shape index (κ2) is 7.33. The molecule has 0 radical (unpaired) electrons. The average Bonchev–Trinajstić information content (AvgIpc) is 2.62. The minimum atomic E-state index is -4.35. The highest BCUT2D eigenvalue weighted by atomic mass is 19.4. The lowest BCUT2D eigenvalue weighted by atomic mass is 10.1. The Morgan fingerprint density at radius 2 is 1.77 bits per heavy atom. The molecule has 26 heavy (non-hydrogen) atoms.